The molecule has 0 fully saturated rings. The van der Waals surface area contributed by atoms with E-state index >= 15 is 0 Å². The first-order valence-electron chi connectivity index (χ1n) is 5.87. The molecule has 18 heavy (non-hydrogen) atoms. The van der Waals surface area contributed by atoms with Gasteiger partial charge in [0.05, 0.1) is 5.56 Å². The van der Waals surface area contributed by atoms with Crippen LogP contribution in [0, 0.1) is 0 Å². The number of aromatic nitrogens is 1. The first-order valence-corrected chi connectivity index (χ1v) is 6.40. The van der Waals surface area contributed by atoms with Gasteiger partial charge < -0.3 is 5.32 Å². The van der Waals surface area contributed by atoms with Crippen molar-refractivity contribution < 1.29 is 13.2 Å². The molecule has 1 rings (SSSR count). The summed E-state index contributed by atoms with van der Waals surface area (Å²) in [5, 5.41) is 2.99. The van der Waals surface area contributed by atoms with Crippen molar-refractivity contribution >= 4 is 17.4 Å². The minimum atomic E-state index is -4.33. The summed E-state index contributed by atoms with van der Waals surface area (Å²) >= 11 is 5.54. The predicted molar refractivity (Wildman–Crippen MR) is 66.9 cm³/mol. The molecule has 1 aromatic rings. The lowest BCUT2D eigenvalue weighted by molar-refractivity contribution is -0.137. The Kier molecular flexibility index (Phi) is 6.25. The zero-order valence-electron chi connectivity index (χ0n) is 9.93. The second kappa shape index (κ2) is 7.46. The van der Waals surface area contributed by atoms with E-state index in [9.17, 15) is 13.2 Å². The van der Waals surface area contributed by atoms with Gasteiger partial charge in [0.15, 0.2) is 0 Å². The lowest BCUT2D eigenvalue weighted by atomic mass is 10.2. The summed E-state index contributed by atoms with van der Waals surface area (Å²) in [6.45, 7) is 0.709. The van der Waals surface area contributed by atoms with E-state index in [1.165, 1.54) is 6.07 Å². The van der Waals surface area contributed by atoms with E-state index in [1.807, 2.05) is 0 Å². The second-order valence-corrected chi connectivity index (χ2v) is 4.34. The molecule has 1 N–H and O–H groups in total. The highest BCUT2D eigenvalue weighted by atomic mass is 35.5. The first kappa shape index (κ1) is 15.1. The number of alkyl halides is 4. The Morgan fingerprint density at radius 2 is 1.83 bits per heavy atom. The van der Waals surface area contributed by atoms with Crippen LogP contribution < -0.4 is 5.32 Å². The summed E-state index contributed by atoms with van der Waals surface area (Å²) in [5.74, 6) is 1.15. The van der Waals surface area contributed by atoms with Crippen molar-refractivity contribution in [3.63, 3.8) is 0 Å². The molecule has 102 valence electrons. The van der Waals surface area contributed by atoms with Gasteiger partial charge in [-0.1, -0.05) is 12.8 Å². The molecule has 1 heterocycles. The van der Waals surface area contributed by atoms with Gasteiger partial charge in [-0.2, -0.15) is 13.2 Å². The quantitative estimate of drug-likeness (QED) is 0.594. The molecular formula is C12H16ClF3N2. The Hall–Kier alpha value is -0.970. The molecule has 0 saturated heterocycles. The lowest BCUT2D eigenvalue weighted by Gasteiger charge is -2.08. The number of pyridine rings is 1. The van der Waals surface area contributed by atoms with Crippen LogP contribution in [0.1, 0.15) is 31.2 Å². The minimum absolute atomic E-state index is 0.473. The monoisotopic (exact) mass is 280 g/mol. The Bertz CT molecular complexity index is 338. The van der Waals surface area contributed by atoms with Gasteiger partial charge in [0, 0.05) is 18.6 Å². The van der Waals surface area contributed by atoms with Crippen LogP contribution in [0.2, 0.25) is 0 Å². The normalized spacial score (nSPS) is 11.6. The highest BCUT2D eigenvalue weighted by molar-refractivity contribution is 6.17. The third-order valence-electron chi connectivity index (χ3n) is 2.46. The maximum atomic E-state index is 12.3. The second-order valence-electron chi connectivity index (χ2n) is 3.96. The zero-order chi connectivity index (χ0) is 13.4. The largest absolute Gasteiger partial charge is 0.417 e. The van der Waals surface area contributed by atoms with Gasteiger partial charge in [-0.15, -0.1) is 11.6 Å². The molecule has 0 radical (unpaired) electrons. The number of hydrogen-bond acceptors (Lipinski definition) is 2. The fourth-order valence-electron chi connectivity index (χ4n) is 1.46. The summed E-state index contributed by atoms with van der Waals surface area (Å²) in [6, 6.07) is 2.38. The number of unbranched alkanes of at least 4 members (excludes halogenated alkanes) is 3. The van der Waals surface area contributed by atoms with Crippen LogP contribution in [0.15, 0.2) is 18.3 Å². The molecule has 0 saturated carbocycles. The molecule has 0 aliphatic rings. The Labute approximate surface area is 110 Å². The fraction of sp³-hybridized carbons (Fsp3) is 0.583. The molecule has 1 aromatic heterocycles. The SMILES string of the molecule is FC(F)(F)c1ccc(NCCCCCCCl)nc1. The summed E-state index contributed by atoms with van der Waals surface area (Å²) < 4.78 is 36.8. The van der Waals surface area contributed by atoms with E-state index in [4.69, 9.17) is 11.6 Å². The van der Waals surface area contributed by atoms with Crippen molar-refractivity contribution in [3.05, 3.63) is 23.9 Å². The average Bonchev–Trinajstić information content (AvgIpc) is 2.33. The van der Waals surface area contributed by atoms with Crippen LogP contribution in [0.3, 0.4) is 0 Å². The number of rotatable bonds is 7. The highest BCUT2D eigenvalue weighted by Gasteiger charge is 2.30. The predicted octanol–water partition coefficient (Wildman–Crippen LogP) is 4.31. The van der Waals surface area contributed by atoms with E-state index < -0.39 is 11.7 Å². The maximum Gasteiger partial charge on any atom is 0.417 e. The third kappa shape index (κ3) is 5.58. The van der Waals surface area contributed by atoms with Gasteiger partial charge in [-0.3, -0.25) is 0 Å². The van der Waals surface area contributed by atoms with Crippen LogP contribution in [0.4, 0.5) is 19.0 Å². The highest BCUT2D eigenvalue weighted by Crippen LogP contribution is 2.28. The molecule has 0 aliphatic heterocycles. The topological polar surface area (TPSA) is 24.9 Å². The van der Waals surface area contributed by atoms with Gasteiger partial charge in [0.25, 0.3) is 0 Å². The molecular weight excluding hydrogens is 265 g/mol. The third-order valence-corrected chi connectivity index (χ3v) is 2.72. The van der Waals surface area contributed by atoms with Crippen LogP contribution >= 0.6 is 11.6 Å². The van der Waals surface area contributed by atoms with Crippen LogP contribution in [-0.2, 0) is 6.18 Å². The van der Waals surface area contributed by atoms with Crippen molar-refractivity contribution in [3.8, 4) is 0 Å². The molecule has 0 spiro atoms. The van der Waals surface area contributed by atoms with Gasteiger partial charge in [-0.25, -0.2) is 4.98 Å². The summed E-state index contributed by atoms with van der Waals surface area (Å²) in [5.41, 5.74) is -0.727. The smallest absolute Gasteiger partial charge is 0.370 e. The fourth-order valence-corrected chi connectivity index (χ4v) is 1.64. The van der Waals surface area contributed by atoms with Gasteiger partial charge in [0.1, 0.15) is 5.82 Å². The molecule has 0 atom stereocenters. The van der Waals surface area contributed by atoms with Crippen LogP contribution in [-0.4, -0.2) is 17.4 Å². The van der Waals surface area contributed by atoms with Crippen molar-refractivity contribution in [2.24, 2.45) is 0 Å². The summed E-state index contributed by atoms with van der Waals surface area (Å²) in [4.78, 5) is 3.73. The lowest BCUT2D eigenvalue weighted by Crippen LogP contribution is -2.07. The van der Waals surface area contributed by atoms with Crippen molar-refractivity contribution in [2.75, 3.05) is 17.7 Å². The van der Waals surface area contributed by atoms with Gasteiger partial charge in [-0.05, 0) is 25.0 Å². The van der Waals surface area contributed by atoms with E-state index in [0.717, 1.165) is 37.9 Å². The average molecular weight is 281 g/mol. The molecule has 0 bridgehead atoms. The number of hydrogen-bond donors (Lipinski definition) is 1. The Balaban J connectivity index is 2.27. The number of halogens is 4. The van der Waals surface area contributed by atoms with Crippen LogP contribution in [0.25, 0.3) is 0 Å². The zero-order valence-corrected chi connectivity index (χ0v) is 10.7. The summed E-state index contributed by atoms with van der Waals surface area (Å²) in [6.07, 6.45) is 0.606. The van der Waals surface area contributed by atoms with Gasteiger partial charge >= 0.3 is 6.18 Å². The van der Waals surface area contributed by atoms with Crippen LogP contribution in [0.5, 0.6) is 0 Å². The Morgan fingerprint density at radius 1 is 1.11 bits per heavy atom. The van der Waals surface area contributed by atoms with Crippen molar-refractivity contribution in [1.82, 2.24) is 4.98 Å². The molecule has 0 aromatic carbocycles. The number of nitrogens with one attached hydrogen (secondary N) is 1. The molecule has 6 heteroatoms. The van der Waals surface area contributed by atoms with E-state index in [1.54, 1.807) is 0 Å². The molecule has 0 aliphatic carbocycles. The summed E-state index contributed by atoms with van der Waals surface area (Å²) in [7, 11) is 0. The maximum absolute atomic E-state index is 12.3. The number of anilines is 1. The minimum Gasteiger partial charge on any atom is -0.370 e. The van der Waals surface area contributed by atoms with Crippen molar-refractivity contribution in [1.29, 1.82) is 0 Å². The molecule has 0 unspecified atom stereocenters. The molecule has 0 amide bonds. The van der Waals surface area contributed by atoms with E-state index in [0.29, 0.717) is 18.2 Å². The Morgan fingerprint density at radius 3 is 2.39 bits per heavy atom. The van der Waals surface area contributed by atoms with E-state index in [2.05, 4.69) is 10.3 Å². The first-order chi connectivity index (χ1) is 8.54. The molecule has 2 nitrogen and oxygen atoms in total. The van der Waals surface area contributed by atoms with E-state index in [-0.39, 0.29) is 0 Å². The standard InChI is InChI=1S/C12H16ClF3N2/c13-7-3-1-2-4-8-17-11-6-5-10(9-18-11)12(14,15)16/h5-6,9H,1-4,7-8H2,(H,17,18). The van der Waals surface area contributed by atoms with Gasteiger partial charge in [0.2, 0.25) is 0 Å². The number of nitrogens with zero attached hydrogens (tertiary/aromatic N) is 1. The van der Waals surface area contributed by atoms with Crippen molar-refractivity contribution in [2.45, 2.75) is 31.9 Å².